The molecule has 9 heteroatoms. The molecule has 7 nitrogen and oxygen atoms in total. The van der Waals surface area contributed by atoms with Gasteiger partial charge < -0.3 is 10.6 Å². The number of rotatable bonds is 7. The Morgan fingerprint density at radius 1 is 1.12 bits per heavy atom. The lowest BCUT2D eigenvalue weighted by Crippen LogP contribution is -2.30. The Morgan fingerprint density at radius 2 is 1.88 bits per heavy atom. The van der Waals surface area contributed by atoms with Gasteiger partial charge >= 0.3 is 0 Å². The number of nitrogens with one attached hydrogen (secondary N) is 3. The van der Waals surface area contributed by atoms with E-state index in [4.69, 9.17) is 0 Å². The summed E-state index contributed by atoms with van der Waals surface area (Å²) in [5.41, 5.74) is 0.833. The summed E-state index contributed by atoms with van der Waals surface area (Å²) in [5, 5.41) is 6.91. The molecular weight excluding hydrogens is 350 g/mol. The van der Waals surface area contributed by atoms with Crippen LogP contribution in [0.15, 0.2) is 41.8 Å². The SMILES string of the molecule is CC(=O)Nc1cccc(NS(=O)(=O)CCNC(=O)c2cccs2)c1. The van der Waals surface area contributed by atoms with Gasteiger partial charge in [0.25, 0.3) is 5.91 Å². The monoisotopic (exact) mass is 367 g/mol. The van der Waals surface area contributed by atoms with Crippen LogP contribution < -0.4 is 15.4 Å². The number of carbonyl (C=O) groups excluding carboxylic acids is 2. The van der Waals surface area contributed by atoms with Crippen molar-refractivity contribution in [2.75, 3.05) is 22.3 Å². The van der Waals surface area contributed by atoms with Crippen molar-refractivity contribution in [2.24, 2.45) is 0 Å². The maximum absolute atomic E-state index is 12.1. The molecule has 3 N–H and O–H groups in total. The predicted octanol–water partition coefficient (Wildman–Crippen LogP) is 1.88. The minimum Gasteiger partial charge on any atom is -0.350 e. The number of hydrogen-bond donors (Lipinski definition) is 3. The van der Waals surface area contributed by atoms with Crippen LogP contribution in [0.2, 0.25) is 0 Å². The summed E-state index contributed by atoms with van der Waals surface area (Å²) in [7, 11) is -3.62. The summed E-state index contributed by atoms with van der Waals surface area (Å²) < 4.78 is 26.5. The molecule has 0 saturated carbocycles. The molecule has 1 heterocycles. The van der Waals surface area contributed by atoms with Crippen LogP contribution in [0.3, 0.4) is 0 Å². The average Bonchev–Trinajstić information content (AvgIpc) is 3.00. The van der Waals surface area contributed by atoms with Gasteiger partial charge in [0.05, 0.1) is 16.3 Å². The number of anilines is 2. The van der Waals surface area contributed by atoms with Crippen LogP contribution in [0.5, 0.6) is 0 Å². The van der Waals surface area contributed by atoms with E-state index in [1.807, 2.05) is 0 Å². The van der Waals surface area contributed by atoms with E-state index in [2.05, 4.69) is 15.4 Å². The third kappa shape index (κ3) is 5.67. The zero-order chi connectivity index (χ0) is 17.6. The summed E-state index contributed by atoms with van der Waals surface area (Å²) in [5.74, 6) is -0.798. The van der Waals surface area contributed by atoms with Crippen molar-refractivity contribution >= 4 is 44.5 Å². The predicted molar refractivity (Wildman–Crippen MR) is 94.8 cm³/mol. The quantitative estimate of drug-likeness (QED) is 0.695. The van der Waals surface area contributed by atoms with Crippen molar-refractivity contribution in [2.45, 2.75) is 6.92 Å². The van der Waals surface area contributed by atoms with E-state index in [9.17, 15) is 18.0 Å². The first-order valence-corrected chi connectivity index (χ1v) is 9.59. The third-order valence-electron chi connectivity index (χ3n) is 2.86. The molecule has 0 aliphatic rings. The molecule has 0 aliphatic carbocycles. The Balaban J connectivity index is 1.89. The van der Waals surface area contributed by atoms with Crippen molar-refractivity contribution in [1.29, 1.82) is 0 Å². The first kappa shape index (κ1) is 18.0. The van der Waals surface area contributed by atoms with Crippen molar-refractivity contribution in [3.05, 3.63) is 46.7 Å². The summed E-state index contributed by atoms with van der Waals surface area (Å²) >= 11 is 1.29. The maximum Gasteiger partial charge on any atom is 0.261 e. The average molecular weight is 367 g/mol. The lowest BCUT2D eigenvalue weighted by Gasteiger charge is -2.10. The van der Waals surface area contributed by atoms with Crippen LogP contribution in [0.4, 0.5) is 11.4 Å². The van der Waals surface area contributed by atoms with Crippen molar-refractivity contribution in [3.8, 4) is 0 Å². The molecule has 0 saturated heterocycles. The Hall–Kier alpha value is -2.39. The normalized spacial score (nSPS) is 10.9. The summed E-state index contributed by atoms with van der Waals surface area (Å²) in [6, 6.07) is 9.79. The van der Waals surface area contributed by atoms with Crippen molar-refractivity contribution in [1.82, 2.24) is 5.32 Å². The molecule has 1 aromatic heterocycles. The zero-order valence-corrected chi connectivity index (χ0v) is 14.5. The van der Waals surface area contributed by atoms with Crippen LogP contribution in [-0.4, -0.2) is 32.5 Å². The van der Waals surface area contributed by atoms with Crippen molar-refractivity contribution < 1.29 is 18.0 Å². The smallest absolute Gasteiger partial charge is 0.261 e. The third-order valence-corrected chi connectivity index (χ3v) is 5.01. The second-order valence-electron chi connectivity index (χ2n) is 4.92. The Kier molecular flexibility index (Phi) is 5.93. The molecule has 0 spiro atoms. The lowest BCUT2D eigenvalue weighted by atomic mass is 10.3. The number of amides is 2. The number of thiophene rings is 1. The van der Waals surface area contributed by atoms with Gasteiger partial charge in [-0.2, -0.15) is 0 Å². The fraction of sp³-hybridized carbons (Fsp3) is 0.200. The topological polar surface area (TPSA) is 104 Å². The molecule has 0 atom stereocenters. The first-order chi connectivity index (χ1) is 11.4. The standard InChI is InChI=1S/C15H17N3O4S2/c1-11(19)17-12-4-2-5-13(10-12)18-24(21,22)9-7-16-15(20)14-6-3-8-23-14/h2-6,8,10,18H,7,9H2,1H3,(H,16,20)(H,17,19). The van der Waals surface area contributed by atoms with E-state index in [-0.39, 0.29) is 24.1 Å². The molecule has 24 heavy (non-hydrogen) atoms. The Bertz CT molecular complexity index is 817. The molecule has 0 bridgehead atoms. The minimum absolute atomic E-state index is 0.00253. The molecule has 0 radical (unpaired) electrons. The highest BCUT2D eigenvalue weighted by molar-refractivity contribution is 7.92. The van der Waals surface area contributed by atoms with Gasteiger partial charge in [0, 0.05) is 19.2 Å². The van der Waals surface area contributed by atoms with Gasteiger partial charge in [0.2, 0.25) is 15.9 Å². The second-order valence-corrected chi connectivity index (χ2v) is 7.71. The Morgan fingerprint density at radius 3 is 2.54 bits per heavy atom. The molecule has 2 aromatic rings. The van der Waals surface area contributed by atoms with Gasteiger partial charge in [0.15, 0.2) is 0 Å². The molecule has 128 valence electrons. The molecule has 2 amide bonds. The highest BCUT2D eigenvalue weighted by Gasteiger charge is 2.12. The number of benzene rings is 1. The molecule has 1 aromatic carbocycles. The summed E-state index contributed by atoms with van der Waals surface area (Å²) in [6.07, 6.45) is 0. The highest BCUT2D eigenvalue weighted by atomic mass is 32.2. The van der Waals surface area contributed by atoms with Crippen LogP contribution >= 0.6 is 11.3 Å². The van der Waals surface area contributed by atoms with E-state index >= 15 is 0 Å². The van der Waals surface area contributed by atoms with Gasteiger partial charge in [-0.25, -0.2) is 8.42 Å². The van der Waals surface area contributed by atoms with Gasteiger partial charge in [-0.1, -0.05) is 12.1 Å². The van der Waals surface area contributed by atoms with Gasteiger partial charge in [-0.3, -0.25) is 14.3 Å². The zero-order valence-electron chi connectivity index (χ0n) is 12.9. The molecule has 0 fully saturated rings. The molecular formula is C15H17N3O4S2. The van der Waals surface area contributed by atoms with Crippen LogP contribution in [0, 0.1) is 0 Å². The molecule has 0 unspecified atom stereocenters. The van der Waals surface area contributed by atoms with E-state index in [1.54, 1.807) is 35.7 Å². The van der Waals surface area contributed by atoms with Crippen LogP contribution in [0.1, 0.15) is 16.6 Å². The fourth-order valence-electron chi connectivity index (χ4n) is 1.89. The number of hydrogen-bond acceptors (Lipinski definition) is 5. The van der Waals surface area contributed by atoms with Crippen molar-refractivity contribution in [3.63, 3.8) is 0 Å². The molecule has 2 rings (SSSR count). The lowest BCUT2D eigenvalue weighted by molar-refractivity contribution is -0.114. The van der Waals surface area contributed by atoms with E-state index in [0.29, 0.717) is 16.3 Å². The fourth-order valence-corrected chi connectivity index (χ4v) is 3.49. The van der Waals surface area contributed by atoms with E-state index in [0.717, 1.165) is 0 Å². The number of sulfonamides is 1. The summed E-state index contributed by atoms with van der Waals surface area (Å²) in [4.78, 5) is 23.3. The maximum atomic E-state index is 12.1. The number of carbonyl (C=O) groups is 2. The second kappa shape index (κ2) is 7.93. The largest absolute Gasteiger partial charge is 0.350 e. The van der Waals surface area contributed by atoms with Gasteiger partial charge in [0.1, 0.15) is 0 Å². The first-order valence-electron chi connectivity index (χ1n) is 7.05. The van der Waals surface area contributed by atoms with E-state index < -0.39 is 10.0 Å². The van der Waals surface area contributed by atoms with E-state index in [1.165, 1.54) is 24.3 Å². The molecule has 0 aliphatic heterocycles. The van der Waals surface area contributed by atoms with Crippen LogP contribution in [0.25, 0.3) is 0 Å². The Labute approximate surface area is 144 Å². The van der Waals surface area contributed by atoms with Gasteiger partial charge in [-0.15, -0.1) is 11.3 Å². The van der Waals surface area contributed by atoms with Gasteiger partial charge in [-0.05, 0) is 29.6 Å². The highest BCUT2D eigenvalue weighted by Crippen LogP contribution is 2.16. The summed E-state index contributed by atoms with van der Waals surface area (Å²) in [6.45, 7) is 1.37. The van der Waals surface area contributed by atoms with Crippen LogP contribution in [-0.2, 0) is 14.8 Å². The minimum atomic E-state index is -3.62.